The molecule has 1 fully saturated rings. The van der Waals surface area contributed by atoms with E-state index >= 15 is 0 Å². The molecule has 3 nitrogen and oxygen atoms in total. The zero-order valence-electron chi connectivity index (χ0n) is 4.95. The molecule has 1 aliphatic rings. The van der Waals surface area contributed by atoms with Crippen LogP contribution in [-0.4, -0.2) is 18.2 Å². The first-order valence-corrected chi connectivity index (χ1v) is 4.40. The normalized spacial score (nSPS) is 22.8. The van der Waals surface area contributed by atoms with E-state index in [1.165, 1.54) is 0 Å². The summed E-state index contributed by atoms with van der Waals surface area (Å²) in [5.74, 6) is 0. The van der Waals surface area contributed by atoms with Crippen LogP contribution in [0.1, 0.15) is 19.3 Å². The van der Waals surface area contributed by atoms with Crippen LogP contribution in [0.5, 0.6) is 0 Å². The molecule has 1 radical (unpaired) electrons. The van der Waals surface area contributed by atoms with Gasteiger partial charge in [-0.3, -0.25) is 4.55 Å². The van der Waals surface area contributed by atoms with Crippen LogP contribution in [0.25, 0.3) is 0 Å². The highest BCUT2D eigenvalue weighted by molar-refractivity contribution is 7.86. The van der Waals surface area contributed by atoms with E-state index in [1.807, 2.05) is 0 Å². The predicted octanol–water partition coefficient (Wildman–Crippen LogP) is 0.631. The third kappa shape index (κ3) is 1.66. The monoisotopic (exact) mass is 149 g/mol. The smallest absolute Gasteiger partial charge is 0.268 e. The number of hydrogen-bond acceptors (Lipinski definition) is 2. The van der Waals surface area contributed by atoms with E-state index in [2.05, 4.69) is 0 Å². The fourth-order valence-electron chi connectivity index (χ4n) is 1.01. The highest BCUT2D eigenvalue weighted by atomic mass is 32.2. The van der Waals surface area contributed by atoms with Gasteiger partial charge in [-0.15, -0.1) is 0 Å². The van der Waals surface area contributed by atoms with Gasteiger partial charge in [0, 0.05) is 0 Å². The number of hydrogen-bond donors (Lipinski definition) is 1. The van der Waals surface area contributed by atoms with Crippen molar-refractivity contribution in [2.45, 2.75) is 24.5 Å². The fourth-order valence-corrected chi connectivity index (χ4v) is 1.85. The molecule has 0 aromatic heterocycles. The third-order valence-electron chi connectivity index (χ3n) is 1.50. The Morgan fingerprint density at radius 1 is 1.56 bits per heavy atom. The Hall–Kier alpha value is -0.0900. The summed E-state index contributed by atoms with van der Waals surface area (Å²) < 4.78 is 29.2. The Kier molecular flexibility index (Phi) is 1.77. The number of rotatable bonds is 1. The van der Waals surface area contributed by atoms with Crippen molar-refractivity contribution in [3.8, 4) is 0 Å². The summed E-state index contributed by atoms with van der Waals surface area (Å²) in [7, 11) is -3.76. The van der Waals surface area contributed by atoms with Gasteiger partial charge in [-0.1, -0.05) is 6.42 Å². The van der Waals surface area contributed by atoms with Gasteiger partial charge in [-0.05, 0) is 19.3 Å². The van der Waals surface area contributed by atoms with Crippen LogP contribution in [0.15, 0.2) is 0 Å². The van der Waals surface area contributed by atoms with Crippen LogP contribution in [-0.2, 0) is 10.1 Å². The molecule has 0 spiro atoms. The van der Waals surface area contributed by atoms with Gasteiger partial charge in [0.1, 0.15) is 0 Å². The van der Waals surface area contributed by atoms with Crippen LogP contribution in [0.3, 0.4) is 0 Å². The first-order valence-electron chi connectivity index (χ1n) is 2.90. The Balaban J connectivity index is 2.63. The first kappa shape index (κ1) is 7.02. The summed E-state index contributed by atoms with van der Waals surface area (Å²) >= 11 is 0. The summed E-state index contributed by atoms with van der Waals surface area (Å²) in [6, 6.07) is 0. The lowest BCUT2D eigenvalue weighted by atomic mass is 10.4. The molecule has 0 bridgehead atoms. The van der Waals surface area contributed by atoms with Crippen LogP contribution in [0, 0.1) is 6.42 Å². The molecule has 0 heterocycles. The van der Waals surface area contributed by atoms with E-state index in [1.54, 1.807) is 6.42 Å². The van der Waals surface area contributed by atoms with Crippen LogP contribution >= 0.6 is 0 Å². The first-order chi connectivity index (χ1) is 4.11. The van der Waals surface area contributed by atoms with Crippen LogP contribution in [0.4, 0.5) is 0 Å². The van der Waals surface area contributed by atoms with Gasteiger partial charge in [-0.25, -0.2) is 0 Å². The SMILES string of the molecule is O=S(=O)(O)C1[CH]CCC1. The zero-order chi connectivity index (χ0) is 6.91. The van der Waals surface area contributed by atoms with Gasteiger partial charge in [0.05, 0.1) is 5.25 Å². The summed E-state index contributed by atoms with van der Waals surface area (Å²) in [4.78, 5) is 0. The molecule has 53 valence electrons. The van der Waals surface area contributed by atoms with Crippen molar-refractivity contribution in [1.29, 1.82) is 0 Å². The zero-order valence-corrected chi connectivity index (χ0v) is 5.76. The Labute approximate surface area is 54.8 Å². The van der Waals surface area contributed by atoms with Crippen molar-refractivity contribution in [2.24, 2.45) is 0 Å². The molecule has 1 saturated carbocycles. The van der Waals surface area contributed by atoms with Crippen molar-refractivity contribution < 1.29 is 13.0 Å². The van der Waals surface area contributed by atoms with E-state index in [-0.39, 0.29) is 0 Å². The van der Waals surface area contributed by atoms with Crippen molar-refractivity contribution in [3.05, 3.63) is 6.42 Å². The van der Waals surface area contributed by atoms with E-state index in [4.69, 9.17) is 4.55 Å². The lowest BCUT2D eigenvalue weighted by Crippen LogP contribution is -2.16. The van der Waals surface area contributed by atoms with Gasteiger partial charge >= 0.3 is 0 Å². The van der Waals surface area contributed by atoms with Gasteiger partial charge < -0.3 is 0 Å². The lowest BCUT2D eigenvalue weighted by molar-refractivity contribution is 0.473. The maximum Gasteiger partial charge on any atom is 0.268 e. The molecule has 0 aromatic rings. The second-order valence-corrected chi connectivity index (χ2v) is 3.86. The molecule has 1 N–H and O–H groups in total. The fraction of sp³-hybridized carbons (Fsp3) is 0.800. The second kappa shape index (κ2) is 2.27. The maximum atomic E-state index is 10.4. The Morgan fingerprint density at radius 3 is 2.44 bits per heavy atom. The average Bonchev–Trinajstić information content (AvgIpc) is 2.08. The van der Waals surface area contributed by atoms with Crippen LogP contribution in [0.2, 0.25) is 0 Å². The largest absolute Gasteiger partial charge is 0.285 e. The molecule has 0 amide bonds. The summed E-state index contributed by atoms with van der Waals surface area (Å²) in [5.41, 5.74) is 0. The van der Waals surface area contributed by atoms with E-state index < -0.39 is 15.4 Å². The molecule has 0 saturated heterocycles. The maximum absolute atomic E-state index is 10.4. The molecular weight excluding hydrogens is 140 g/mol. The summed E-state index contributed by atoms with van der Waals surface area (Å²) in [5, 5.41) is -0.586. The summed E-state index contributed by atoms with van der Waals surface area (Å²) in [6.45, 7) is 0. The molecular formula is C5H9O3S. The standard InChI is InChI=1S/C5H9O3S/c6-9(7,8)5-3-1-2-4-5/h3,5H,1-2,4H2,(H,6,7,8). The minimum atomic E-state index is -3.76. The molecule has 0 aliphatic heterocycles. The van der Waals surface area contributed by atoms with Crippen molar-refractivity contribution >= 4 is 10.1 Å². The molecule has 4 heteroatoms. The quantitative estimate of drug-likeness (QED) is 0.556. The molecule has 1 unspecified atom stereocenters. The molecule has 9 heavy (non-hydrogen) atoms. The van der Waals surface area contributed by atoms with Crippen molar-refractivity contribution in [1.82, 2.24) is 0 Å². The second-order valence-electron chi connectivity index (χ2n) is 2.22. The minimum Gasteiger partial charge on any atom is -0.285 e. The van der Waals surface area contributed by atoms with Gasteiger partial charge in [0.2, 0.25) is 0 Å². The third-order valence-corrected chi connectivity index (χ3v) is 2.70. The van der Waals surface area contributed by atoms with E-state index in [0.717, 1.165) is 12.8 Å². The van der Waals surface area contributed by atoms with Gasteiger partial charge in [0.25, 0.3) is 10.1 Å². The predicted molar refractivity (Wildman–Crippen MR) is 33.5 cm³/mol. The van der Waals surface area contributed by atoms with Crippen molar-refractivity contribution in [2.75, 3.05) is 0 Å². The van der Waals surface area contributed by atoms with Crippen LogP contribution < -0.4 is 0 Å². The molecule has 1 atom stereocenters. The van der Waals surface area contributed by atoms with Gasteiger partial charge in [0.15, 0.2) is 0 Å². The lowest BCUT2D eigenvalue weighted by Gasteiger charge is -2.00. The van der Waals surface area contributed by atoms with E-state index in [9.17, 15) is 8.42 Å². The molecule has 1 aliphatic carbocycles. The highest BCUT2D eigenvalue weighted by Crippen LogP contribution is 2.22. The minimum absolute atomic E-state index is 0.582. The van der Waals surface area contributed by atoms with E-state index in [0.29, 0.717) is 6.42 Å². The molecule has 0 aromatic carbocycles. The molecule has 1 rings (SSSR count). The Morgan fingerprint density at radius 2 is 2.22 bits per heavy atom. The van der Waals surface area contributed by atoms with Gasteiger partial charge in [-0.2, -0.15) is 8.42 Å². The average molecular weight is 149 g/mol. The summed E-state index contributed by atoms with van der Waals surface area (Å²) in [6.07, 6.45) is 3.92. The highest BCUT2D eigenvalue weighted by Gasteiger charge is 2.26. The van der Waals surface area contributed by atoms with Crippen molar-refractivity contribution in [3.63, 3.8) is 0 Å². The topological polar surface area (TPSA) is 54.4 Å². The Bertz CT molecular complexity index is 176.